The van der Waals surface area contributed by atoms with Gasteiger partial charge in [0, 0.05) is 32.2 Å². The van der Waals surface area contributed by atoms with Gasteiger partial charge in [0.05, 0.1) is 29.9 Å². The molecular weight excluding hydrogens is 638 g/mol. The molecule has 10 nitrogen and oxygen atoms in total. The Morgan fingerprint density at radius 2 is 1.95 bits per heavy atom. The molecule has 3 unspecified atom stereocenters. The van der Waals surface area contributed by atoms with E-state index in [0.29, 0.717) is 32.6 Å². The Bertz CT molecular complexity index is 1210. The third kappa shape index (κ3) is 8.13. The number of nitrogens with one attached hydrogen (secondary N) is 1. The maximum atomic E-state index is 13.8. The summed E-state index contributed by atoms with van der Waals surface area (Å²) in [4.78, 5) is 27.6. The van der Waals surface area contributed by atoms with Gasteiger partial charge in [-0.25, -0.2) is 4.39 Å². The van der Waals surface area contributed by atoms with Crippen molar-refractivity contribution in [1.82, 2.24) is 10.2 Å². The summed E-state index contributed by atoms with van der Waals surface area (Å²) < 4.78 is 31.1. The molecule has 3 atom stereocenters. The van der Waals surface area contributed by atoms with E-state index < -0.39 is 35.9 Å². The van der Waals surface area contributed by atoms with Crippen LogP contribution in [0, 0.1) is 9.39 Å². The molecule has 2 aromatic rings. The van der Waals surface area contributed by atoms with Crippen molar-refractivity contribution in [3.8, 4) is 11.5 Å². The smallest absolute Gasteiger partial charge is 0.248 e. The van der Waals surface area contributed by atoms with Gasteiger partial charge in [-0.05, 0) is 70.5 Å². The highest BCUT2D eigenvalue weighted by molar-refractivity contribution is 14.1. The van der Waals surface area contributed by atoms with Crippen LogP contribution in [-0.2, 0) is 27.4 Å². The van der Waals surface area contributed by atoms with Crippen LogP contribution in [-0.4, -0.2) is 90.8 Å². The van der Waals surface area contributed by atoms with Crippen LogP contribution in [0.4, 0.5) is 4.39 Å². The average Bonchev–Trinajstić information content (AvgIpc) is 2.94. The lowest BCUT2D eigenvalue weighted by atomic mass is 9.88. The van der Waals surface area contributed by atoms with Gasteiger partial charge >= 0.3 is 0 Å². The van der Waals surface area contributed by atoms with Crippen LogP contribution in [0.1, 0.15) is 17.5 Å². The van der Waals surface area contributed by atoms with E-state index in [4.69, 9.17) is 14.2 Å². The van der Waals surface area contributed by atoms with Crippen molar-refractivity contribution in [2.45, 2.75) is 37.7 Å². The molecule has 4 N–H and O–H groups in total. The fourth-order valence-corrected chi connectivity index (χ4v) is 5.31. The minimum atomic E-state index is -1.26. The van der Waals surface area contributed by atoms with E-state index in [1.54, 1.807) is 24.3 Å². The maximum Gasteiger partial charge on any atom is 0.248 e. The second-order valence-corrected chi connectivity index (χ2v) is 10.3. The lowest BCUT2D eigenvalue weighted by molar-refractivity contribution is -0.142. The minimum Gasteiger partial charge on any atom is -0.493 e. The molecule has 0 radical (unpaired) electrons. The van der Waals surface area contributed by atoms with Gasteiger partial charge in [-0.1, -0.05) is 12.1 Å². The molecule has 2 amide bonds. The summed E-state index contributed by atoms with van der Waals surface area (Å²) in [5.41, 5.74) is 1.52. The van der Waals surface area contributed by atoms with Crippen molar-refractivity contribution < 1.29 is 43.5 Å². The van der Waals surface area contributed by atoms with Crippen molar-refractivity contribution in [3.05, 3.63) is 68.6 Å². The number of halogens is 2. The zero-order valence-corrected chi connectivity index (χ0v) is 24.5. The molecule has 3 rings (SSSR count). The van der Waals surface area contributed by atoms with E-state index in [9.17, 15) is 29.3 Å². The Morgan fingerprint density at radius 3 is 2.60 bits per heavy atom. The monoisotopic (exact) mass is 672 g/mol. The van der Waals surface area contributed by atoms with Crippen LogP contribution in [0.3, 0.4) is 0 Å². The first kappa shape index (κ1) is 31.7. The summed E-state index contributed by atoms with van der Waals surface area (Å²) in [5, 5.41) is 32.9. The first-order valence-corrected chi connectivity index (χ1v) is 13.7. The highest BCUT2D eigenvalue weighted by atomic mass is 127. The first-order chi connectivity index (χ1) is 19.2. The molecule has 0 bridgehead atoms. The number of carbonyl (C=O) groups excluding carboxylic acids is 2. The highest BCUT2D eigenvalue weighted by Crippen LogP contribution is 2.37. The predicted molar refractivity (Wildman–Crippen MR) is 152 cm³/mol. The molecule has 40 heavy (non-hydrogen) atoms. The van der Waals surface area contributed by atoms with Crippen molar-refractivity contribution in [2.75, 3.05) is 40.5 Å². The summed E-state index contributed by atoms with van der Waals surface area (Å²) in [5.74, 6) is -0.673. The minimum absolute atomic E-state index is 0.00850. The molecule has 2 aromatic carbocycles. The van der Waals surface area contributed by atoms with Crippen molar-refractivity contribution in [1.29, 1.82) is 0 Å². The number of ether oxygens (including phenoxy) is 3. The lowest BCUT2D eigenvalue weighted by Gasteiger charge is -2.40. The first-order valence-electron chi connectivity index (χ1n) is 12.7. The number of methoxy groups -OCH3 is 2. The SMILES string of the molecule is COCC(=O)N(CCc1cccc(F)c1)C1CC(C(=O)NCCO)=CC(Oc2c(I)cc(CO)cc2OC)C1O. The van der Waals surface area contributed by atoms with Crippen LogP contribution >= 0.6 is 22.6 Å². The van der Waals surface area contributed by atoms with E-state index in [1.165, 1.54) is 37.3 Å². The number of benzene rings is 2. The number of carbonyl (C=O) groups is 2. The molecule has 1 aliphatic carbocycles. The molecule has 0 heterocycles. The Hall–Kier alpha value is -2.78. The van der Waals surface area contributed by atoms with Gasteiger partial charge in [-0.15, -0.1) is 0 Å². The van der Waals surface area contributed by atoms with Crippen molar-refractivity contribution in [3.63, 3.8) is 0 Å². The maximum absolute atomic E-state index is 13.8. The molecule has 0 spiro atoms. The third-order valence-corrected chi connectivity index (χ3v) is 7.26. The molecule has 0 saturated carbocycles. The fraction of sp³-hybridized carbons (Fsp3) is 0.429. The van der Waals surface area contributed by atoms with Gasteiger partial charge in [0.1, 0.15) is 24.6 Å². The number of hydrogen-bond donors (Lipinski definition) is 4. The Kier molecular flexibility index (Phi) is 12.1. The Balaban J connectivity index is 1.98. The Labute approximate surface area is 245 Å². The molecule has 0 fully saturated rings. The predicted octanol–water partition coefficient (Wildman–Crippen LogP) is 1.56. The summed E-state index contributed by atoms with van der Waals surface area (Å²) in [6.45, 7) is -0.587. The number of amides is 2. The van der Waals surface area contributed by atoms with Crippen LogP contribution in [0.2, 0.25) is 0 Å². The van der Waals surface area contributed by atoms with Gasteiger partial charge in [0.15, 0.2) is 11.5 Å². The number of nitrogens with zero attached hydrogens (tertiary/aromatic N) is 1. The summed E-state index contributed by atoms with van der Waals surface area (Å²) >= 11 is 2.02. The van der Waals surface area contributed by atoms with E-state index in [0.717, 1.165) is 0 Å². The van der Waals surface area contributed by atoms with Gasteiger partial charge in [-0.2, -0.15) is 0 Å². The molecule has 1 aliphatic rings. The molecule has 218 valence electrons. The molecule has 0 aromatic heterocycles. The topological polar surface area (TPSA) is 138 Å². The van der Waals surface area contributed by atoms with Crippen LogP contribution < -0.4 is 14.8 Å². The van der Waals surface area contributed by atoms with E-state index >= 15 is 0 Å². The van der Waals surface area contributed by atoms with Crippen molar-refractivity contribution in [2.24, 2.45) is 0 Å². The van der Waals surface area contributed by atoms with E-state index in [-0.39, 0.29) is 44.9 Å². The zero-order valence-electron chi connectivity index (χ0n) is 22.3. The van der Waals surface area contributed by atoms with Crippen LogP contribution in [0.5, 0.6) is 11.5 Å². The third-order valence-electron chi connectivity index (χ3n) is 6.46. The normalized spacial score (nSPS) is 18.6. The van der Waals surface area contributed by atoms with Gasteiger partial charge in [0.25, 0.3) is 0 Å². The second-order valence-electron chi connectivity index (χ2n) is 9.18. The lowest BCUT2D eigenvalue weighted by Crippen LogP contribution is -2.56. The summed E-state index contributed by atoms with van der Waals surface area (Å²) in [6.07, 6.45) is -0.529. The zero-order chi connectivity index (χ0) is 29.2. The fourth-order valence-electron chi connectivity index (χ4n) is 4.52. The second kappa shape index (κ2) is 15.3. The Morgan fingerprint density at radius 1 is 1.18 bits per heavy atom. The number of aliphatic hydroxyl groups is 3. The van der Waals surface area contributed by atoms with E-state index in [2.05, 4.69) is 5.32 Å². The average molecular weight is 672 g/mol. The highest BCUT2D eigenvalue weighted by Gasteiger charge is 2.40. The van der Waals surface area contributed by atoms with Crippen LogP contribution in [0.25, 0.3) is 0 Å². The van der Waals surface area contributed by atoms with Gasteiger partial charge in [0.2, 0.25) is 11.8 Å². The summed E-state index contributed by atoms with van der Waals surface area (Å²) in [7, 11) is 2.82. The largest absolute Gasteiger partial charge is 0.493 e. The number of rotatable bonds is 13. The van der Waals surface area contributed by atoms with Crippen LogP contribution in [0.15, 0.2) is 48.0 Å². The van der Waals surface area contributed by atoms with E-state index in [1.807, 2.05) is 22.6 Å². The van der Waals surface area contributed by atoms with Crippen molar-refractivity contribution >= 4 is 34.4 Å². The molecule has 12 heteroatoms. The number of aliphatic hydroxyl groups excluding tert-OH is 3. The summed E-state index contributed by atoms with van der Waals surface area (Å²) in [6, 6.07) is 8.45. The standard InChI is InChI=1S/C28H34FIN2O8/c1-38-16-25(35)32(8-6-17-4-3-5-20(29)10-17)22-13-19(28(37)31-7-9-33)14-23(26(22)36)40-27-21(30)11-18(15-34)12-24(27)39-2/h3-5,10-12,14,22-23,26,33-34,36H,6-9,13,15-16H2,1-2H3,(H,31,37). The quantitative estimate of drug-likeness (QED) is 0.236. The molecule has 0 saturated heterocycles. The van der Waals surface area contributed by atoms with Gasteiger partial charge < -0.3 is 39.7 Å². The molecular formula is C28H34FIN2O8. The van der Waals surface area contributed by atoms with Gasteiger partial charge in [-0.3, -0.25) is 9.59 Å². The molecule has 0 aliphatic heterocycles. The number of hydrogen-bond acceptors (Lipinski definition) is 8.